The minimum Gasteiger partial charge on any atom is -0.326 e. The van der Waals surface area contributed by atoms with Gasteiger partial charge in [-0.2, -0.15) is 13.2 Å². The van der Waals surface area contributed by atoms with Crippen molar-refractivity contribution in [2.24, 2.45) is 0 Å². The van der Waals surface area contributed by atoms with Crippen molar-refractivity contribution < 1.29 is 22.8 Å². The smallest absolute Gasteiger partial charge is 0.326 e. The molecule has 130 valence electrons. The molecule has 0 saturated carbocycles. The Morgan fingerprint density at radius 3 is 2.40 bits per heavy atom. The van der Waals surface area contributed by atoms with Crippen LogP contribution in [-0.2, 0) is 9.59 Å². The molecule has 1 aliphatic heterocycles. The van der Waals surface area contributed by atoms with Crippen LogP contribution in [0.25, 0.3) is 0 Å². The Bertz CT molecular complexity index is 790. The molecule has 1 N–H and O–H groups in total. The zero-order chi connectivity index (χ0) is 18.0. The second-order valence-electron chi connectivity index (χ2n) is 5.77. The first-order valence-corrected chi connectivity index (χ1v) is 7.67. The van der Waals surface area contributed by atoms with Gasteiger partial charge in [0, 0.05) is 17.8 Å². The van der Waals surface area contributed by atoms with Gasteiger partial charge in [0.2, 0.25) is 11.8 Å². The molecular weight excluding hydrogens is 333 g/mol. The van der Waals surface area contributed by atoms with Gasteiger partial charge in [0.05, 0.1) is 5.92 Å². The predicted octanol–water partition coefficient (Wildman–Crippen LogP) is 3.71. The Labute approximate surface area is 142 Å². The van der Waals surface area contributed by atoms with Crippen LogP contribution in [0, 0.1) is 0 Å². The third-order valence-corrected chi connectivity index (χ3v) is 3.97. The summed E-state index contributed by atoms with van der Waals surface area (Å²) in [5.41, 5.74) is 1.13. The molecule has 0 bridgehead atoms. The van der Waals surface area contributed by atoms with Gasteiger partial charge in [0.1, 0.15) is 6.54 Å². The molecule has 2 amide bonds. The van der Waals surface area contributed by atoms with Gasteiger partial charge in [-0.25, -0.2) is 0 Å². The fourth-order valence-electron chi connectivity index (χ4n) is 2.90. The van der Waals surface area contributed by atoms with E-state index in [1.54, 1.807) is 42.5 Å². The Hall–Kier alpha value is -2.83. The maximum Gasteiger partial charge on any atom is 0.406 e. The van der Waals surface area contributed by atoms with Crippen LogP contribution >= 0.6 is 0 Å². The summed E-state index contributed by atoms with van der Waals surface area (Å²) < 4.78 is 39.1. The molecule has 0 aromatic heterocycles. The average Bonchev–Trinajstić information content (AvgIpc) is 2.58. The summed E-state index contributed by atoms with van der Waals surface area (Å²) >= 11 is 0. The summed E-state index contributed by atoms with van der Waals surface area (Å²) in [6.45, 7) is -1.41. The molecule has 0 spiro atoms. The number of alkyl halides is 3. The van der Waals surface area contributed by atoms with E-state index in [-0.39, 0.29) is 12.1 Å². The molecule has 0 radical (unpaired) electrons. The molecule has 1 heterocycles. The molecule has 0 saturated heterocycles. The van der Waals surface area contributed by atoms with Crippen molar-refractivity contribution in [3.63, 3.8) is 0 Å². The van der Waals surface area contributed by atoms with Crippen molar-refractivity contribution >= 4 is 23.2 Å². The number of rotatable bonds is 3. The zero-order valence-electron chi connectivity index (χ0n) is 13.1. The lowest BCUT2D eigenvalue weighted by Gasteiger charge is -2.31. The number of hydrogen-bond donors (Lipinski definition) is 1. The molecule has 0 fully saturated rings. The van der Waals surface area contributed by atoms with Crippen molar-refractivity contribution in [1.82, 2.24) is 0 Å². The molecule has 1 aliphatic rings. The van der Waals surface area contributed by atoms with E-state index in [4.69, 9.17) is 0 Å². The van der Waals surface area contributed by atoms with E-state index in [1.165, 1.54) is 12.1 Å². The van der Waals surface area contributed by atoms with Crippen molar-refractivity contribution in [2.75, 3.05) is 16.8 Å². The molecule has 2 aromatic carbocycles. The summed E-state index contributed by atoms with van der Waals surface area (Å²) in [7, 11) is 0. The third-order valence-electron chi connectivity index (χ3n) is 3.97. The number of amides is 2. The number of anilines is 2. The second kappa shape index (κ2) is 6.58. The van der Waals surface area contributed by atoms with Crippen LogP contribution in [-0.4, -0.2) is 24.5 Å². The van der Waals surface area contributed by atoms with Crippen molar-refractivity contribution in [3.05, 3.63) is 60.2 Å². The van der Waals surface area contributed by atoms with Crippen molar-refractivity contribution in [3.8, 4) is 0 Å². The number of nitrogens with one attached hydrogen (secondary N) is 1. The Morgan fingerprint density at radius 2 is 1.72 bits per heavy atom. The Balaban J connectivity index is 1.99. The molecule has 3 rings (SSSR count). The average molecular weight is 348 g/mol. The third kappa shape index (κ3) is 3.81. The van der Waals surface area contributed by atoms with Gasteiger partial charge in [-0.15, -0.1) is 0 Å². The van der Waals surface area contributed by atoms with Gasteiger partial charge in [-0.05, 0) is 23.8 Å². The molecule has 4 nitrogen and oxygen atoms in total. The summed E-state index contributed by atoms with van der Waals surface area (Å²) in [4.78, 5) is 25.5. The molecule has 25 heavy (non-hydrogen) atoms. The number of carbonyl (C=O) groups is 2. The van der Waals surface area contributed by atoms with Crippen LogP contribution in [0.1, 0.15) is 17.9 Å². The van der Waals surface area contributed by atoms with Gasteiger partial charge in [-0.1, -0.05) is 36.4 Å². The Morgan fingerprint density at radius 1 is 1.08 bits per heavy atom. The first-order valence-electron chi connectivity index (χ1n) is 7.67. The van der Waals surface area contributed by atoms with E-state index in [9.17, 15) is 22.8 Å². The minimum atomic E-state index is -4.55. The van der Waals surface area contributed by atoms with E-state index < -0.39 is 30.5 Å². The number of fused-ring (bicyclic) bond motifs is 1. The van der Waals surface area contributed by atoms with Gasteiger partial charge in [-0.3, -0.25) is 9.59 Å². The number of para-hydroxylation sites is 2. The van der Waals surface area contributed by atoms with Crippen LogP contribution in [0.15, 0.2) is 54.6 Å². The van der Waals surface area contributed by atoms with Crippen LogP contribution in [0.3, 0.4) is 0 Å². The van der Waals surface area contributed by atoms with Crippen LogP contribution < -0.4 is 10.2 Å². The first kappa shape index (κ1) is 17.0. The highest BCUT2D eigenvalue weighted by Gasteiger charge is 2.39. The summed E-state index contributed by atoms with van der Waals surface area (Å²) in [5.74, 6) is -2.09. The van der Waals surface area contributed by atoms with E-state index in [0.29, 0.717) is 16.2 Å². The monoisotopic (exact) mass is 348 g/mol. The molecule has 1 atom stereocenters. The molecule has 1 unspecified atom stereocenters. The summed E-state index contributed by atoms with van der Waals surface area (Å²) in [6, 6.07) is 14.3. The largest absolute Gasteiger partial charge is 0.406 e. The van der Waals surface area contributed by atoms with E-state index in [1.807, 2.05) is 0 Å². The zero-order valence-corrected chi connectivity index (χ0v) is 13.1. The van der Waals surface area contributed by atoms with Crippen molar-refractivity contribution in [1.29, 1.82) is 0 Å². The molecule has 0 aliphatic carbocycles. The van der Waals surface area contributed by atoms with Crippen LogP contribution in [0.4, 0.5) is 24.5 Å². The maximum absolute atomic E-state index is 13.0. The SMILES string of the molecule is O=C1CC(C(=O)N(CC(F)(F)F)c2ccccc2)c2ccccc2N1. The highest BCUT2D eigenvalue weighted by molar-refractivity contribution is 6.06. The summed E-state index contributed by atoms with van der Waals surface area (Å²) in [5, 5.41) is 2.64. The number of carbonyl (C=O) groups excluding carboxylic acids is 2. The Kier molecular flexibility index (Phi) is 4.48. The standard InChI is InChI=1S/C18H15F3N2O2/c19-18(20,21)11-23(12-6-2-1-3-7-12)17(25)14-10-16(24)22-15-9-5-4-8-13(14)15/h1-9,14H,10-11H2,(H,22,24). The molecule has 7 heteroatoms. The van der Waals surface area contributed by atoms with Gasteiger partial charge in [0.25, 0.3) is 0 Å². The first-order chi connectivity index (χ1) is 11.8. The van der Waals surface area contributed by atoms with Crippen molar-refractivity contribution in [2.45, 2.75) is 18.5 Å². The predicted molar refractivity (Wildman–Crippen MR) is 87.3 cm³/mol. The number of halogens is 3. The van der Waals surface area contributed by atoms with Gasteiger partial charge < -0.3 is 10.2 Å². The quantitative estimate of drug-likeness (QED) is 0.919. The van der Waals surface area contributed by atoms with Crippen LogP contribution in [0.5, 0.6) is 0 Å². The second-order valence-corrected chi connectivity index (χ2v) is 5.77. The lowest BCUT2D eigenvalue weighted by molar-refractivity contribution is -0.134. The van der Waals surface area contributed by atoms with Gasteiger partial charge in [0.15, 0.2) is 0 Å². The molecular formula is C18H15F3N2O2. The van der Waals surface area contributed by atoms with Gasteiger partial charge >= 0.3 is 6.18 Å². The highest BCUT2D eigenvalue weighted by Crippen LogP contribution is 2.35. The van der Waals surface area contributed by atoms with E-state index in [0.717, 1.165) is 0 Å². The number of hydrogen-bond acceptors (Lipinski definition) is 2. The highest BCUT2D eigenvalue weighted by atomic mass is 19.4. The maximum atomic E-state index is 13.0. The molecule has 2 aromatic rings. The summed E-state index contributed by atoms with van der Waals surface area (Å²) in [6.07, 6.45) is -4.74. The number of benzene rings is 2. The fraction of sp³-hybridized carbons (Fsp3) is 0.222. The van der Waals surface area contributed by atoms with Crippen LogP contribution in [0.2, 0.25) is 0 Å². The topological polar surface area (TPSA) is 49.4 Å². The minimum absolute atomic E-state index is 0.147. The normalized spacial score (nSPS) is 16.8. The van der Waals surface area contributed by atoms with E-state index in [2.05, 4.69) is 5.32 Å². The lowest BCUT2D eigenvalue weighted by atomic mass is 9.89. The lowest BCUT2D eigenvalue weighted by Crippen LogP contribution is -2.43. The number of nitrogens with zero attached hydrogens (tertiary/aromatic N) is 1. The van der Waals surface area contributed by atoms with E-state index >= 15 is 0 Å². The fourth-order valence-corrected chi connectivity index (χ4v) is 2.90.